The Morgan fingerprint density at radius 1 is 1.12 bits per heavy atom. The number of hydrogen-bond donors (Lipinski definition) is 3. The second kappa shape index (κ2) is 10.8. The first-order chi connectivity index (χ1) is 16.0. The number of nitrogens with zero attached hydrogens (tertiary/aromatic N) is 1. The molecule has 0 spiro atoms. The highest BCUT2D eigenvalue weighted by atomic mass is 19.1. The first-order valence-corrected chi connectivity index (χ1v) is 11.4. The fraction of sp³-hybridized carbons (Fsp3) is 0.440. The van der Waals surface area contributed by atoms with E-state index in [1.165, 1.54) is 17.7 Å². The van der Waals surface area contributed by atoms with E-state index in [0.29, 0.717) is 25.9 Å². The molecule has 4 rings (SSSR count). The summed E-state index contributed by atoms with van der Waals surface area (Å²) in [4.78, 5) is 27.0. The maximum absolute atomic E-state index is 13.0. The minimum atomic E-state index is -0.290. The highest BCUT2D eigenvalue weighted by Gasteiger charge is 2.43. The van der Waals surface area contributed by atoms with Crippen LogP contribution < -0.4 is 20.7 Å². The number of methoxy groups -OCH3 is 1. The van der Waals surface area contributed by atoms with Crippen molar-refractivity contribution in [1.82, 2.24) is 20.9 Å². The highest BCUT2D eigenvalue weighted by Crippen LogP contribution is 2.26. The Kier molecular flexibility index (Phi) is 7.57. The van der Waals surface area contributed by atoms with Gasteiger partial charge in [-0.25, -0.2) is 4.39 Å². The number of amides is 2. The number of nitrogens with one attached hydrogen (secondary N) is 3. The second-order valence-electron chi connectivity index (χ2n) is 8.72. The van der Waals surface area contributed by atoms with Crippen molar-refractivity contribution in [3.05, 3.63) is 65.5 Å². The van der Waals surface area contributed by atoms with Crippen molar-refractivity contribution in [3.8, 4) is 5.75 Å². The molecule has 0 aliphatic carbocycles. The lowest BCUT2D eigenvalue weighted by atomic mass is 10.0. The lowest BCUT2D eigenvalue weighted by molar-refractivity contribution is -0.129. The van der Waals surface area contributed by atoms with E-state index in [9.17, 15) is 14.0 Å². The molecule has 2 aliphatic rings. The lowest BCUT2D eigenvalue weighted by Gasteiger charge is -2.37. The topological polar surface area (TPSA) is 82.7 Å². The zero-order valence-electron chi connectivity index (χ0n) is 18.9. The predicted molar refractivity (Wildman–Crippen MR) is 123 cm³/mol. The normalized spacial score (nSPS) is 22.5. The van der Waals surface area contributed by atoms with Crippen LogP contribution in [-0.2, 0) is 22.7 Å². The molecular weight excluding hydrogens is 423 g/mol. The van der Waals surface area contributed by atoms with Gasteiger partial charge in [-0.3, -0.25) is 14.5 Å². The van der Waals surface area contributed by atoms with Crippen LogP contribution in [0.25, 0.3) is 0 Å². The number of carbonyl (C=O) groups is 2. The molecule has 3 atom stereocenters. The first-order valence-electron chi connectivity index (χ1n) is 11.4. The molecule has 0 bridgehead atoms. The van der Waals surface area contributed by atoms with Crippen molar-refractivity contribution < 1.29 is 18.7 Å². The minimum Gasteiger partial charge on any atom is -0.497 e. The number of benzene rings is 2. The van der Waals surface area contributed by atoms with E-state index in [4.69, 9.17) is 4.74 Å². The van der Waals surface area contributed by atoms with Crippen molar-refractivity contribution >= 4 is 11.8 Å². The van der Waals surface area contributed by atoms with Crippen LogP contribution in [0.5, 0.6) is 5.75 Å². The summed E-state index contributed by atoms with van der Waals surface area (Å²) in [6.45, 7) is 2.46. The second-order valence-corrected chi connectivity index (χ2v) is 8.72. The maximum atomic E-state index is 13.0. The van der Waals surface area contributed by atoms with Crippen molar-refractivity contribution in [1.29, 1.82) is 0 Å². The average Bonchev–Trinajstić information content (AvgIpc) is 3.28. The Bertz CT molecular complexity index is 951. The molecule has 2 fully saturated rings. The third-order valence-corrected chi connectivity index (χ3v) is 6.48. The van der Waals surface area contributed by atoms with Crippen LogP contribution in [0, 0.1) is 5.82 Å². The molecular formula is C25H31FN4O3. The maximum Gasteiger partial charge on any atom is 0.237 e. The van der Waals surface area contributed by atoms with Crippen molar-refractivity contribution in [2.24, 2.45) is 0 Å². The van der Waals surface area contributed by atoms with Crippen LogP contribution in [0.3, 0.4) is 0 Å². The lowest BCUT2D eigenvalue weighted by Crippen LogP contribution is -2.58. The fourth-order valence-corrected chi connectivity index (χ4v) is 4.59. The minimum absolute atomic E-state index is 0.0406. The Hall–Kier alpha value is -2.97. The van der Waals surface area contributed by atoms with Gasteiger partial charge in [0.25, 0.3) is 0 Å². The van der Waals surface area contributed by atoms with E-state index >= 15 is 0 Å². The smallest absolute Gasteiger partial charge is 0.237 e. The summed E-state index contributed by atoms with van der Waals surface area (Å²) in [5, 5.41) is 9.47. The number of fused-ring (bicyclic) bond motifs is 1. The predicted octanol–water partition coefficient (Wildman–Crippen LogP) is 1.96. The number of carbonyl (C=O) groups excluding carboxylic acids is 2. The van der Waals surface area contributed by atoms with Gasteiger partial charge in [0.1, 0.15) is 11.6 Å². The van der Waals surface area contributed by atoms with Crippen molar-refractivity contribution in [2.45, 2.75) is 50.5 Å². The summed E-state index contributed by atoms with van der Waals surface area (Å²) in [6, 6.07) is 14.3. The van der Waals surface area contributed by atoms with Gasteiger partial charge in [0.2, 0.25) is 11.8 Å². The van der Waals surface area contributed by atoms with Crippen molar-refractivity contribution in [3.63, 3.8) is 0 Å². The molecule has 2 saturated heterocycles. The molecule has 176 valence electrons. The summed E-state index contributed by atoms with van der Waals surface area (Å²) in [7, 11) is 1.65. The van der Waals surface area contributed by atoms with Gasteiger partial charge in [0, 0.05) is 44.7 Å². The number of hydrogen-bond acceptors (Lipinski definition) is 5. The number of piperazine rings is 1. The van der Waals surface area contributed by atoms with E-state index in [1.54, 1.807) is 19.2 Å². The van der Waals surface area contributed by atoms with E-state index < -0.39 is 0 Å². The summed E-state index contributed by atoms with van der Waals surface area (Å²) in [5.41, 5.74) is 2.03. The van der Waals surface area contributed by atoms with Gasteiger partial charge in [-0.05, 0) is 48.2 Å². The molecule has 0 unspecified atom stereocenters. The van der Waals surface area contributed by atoms with E-state index in [2.05, 4.69) is 20.9 Å². The average molecular weight is 455 g/mol. The van der Waals surface area contributed by atoms with E-state index in [1.807, 2.05) is 24.3 Å². The van der Waals surface area contributed by atoms with E-state index in [0.717, 1.165) is 30.8 Å². The first kappa shape index (κ1) is 23.2. The van der Waals surface area contributed by atoms with Crippen LogP contribution in [0.4, 0.5) is 4.39 Å². The molecule has 3 N–H and O–H groups in total. The molecule has 7 nitrogen and oxygen atoms in total. The SMILES string of the molecule is COc1ccc(CN[C@H]2C[C@H]3C(=O)NC[C@@H](CCC(=O)NCc4ccc(F)cc4)N3C2)cc1. The molecule has 2 amide bonds. The third kappa shape index (κ3) is 6.09. The zero-order valence-corrected chi connectivity index (χ0v) is 18.9. The molecule has 33 heavy (non-hydrogen) atoms. The summed E-state index contributed by atoms with van der Waals surface area (Å²) in [6.07, 6.45) is 1.82. The van der Waals surface area contributed by atoms with Gasteiger partial charge in [0.05, 0.1) is 13.2 Å². The standard InChI is InChI=1S/C25H31FN4O3/c1-33-22-9-4-18(5-10-22)13-27-20-12-23-25(32)29-15-21(30(23)16-20)8-11-24(31)28-14-17-2-6-19(26)7-3-17/h2-7,9-10,20-21,23,27H,8,11-16H2,1H3,(H,28,31)(H,29,32)/t20-,21+,23-/m0/s1. The van der Waals surface area contributed by atoms with Crippen LogP contribution in [0.2, 0.25) is 0 Å². The molecule has 2 aliphatic heterocycles. The quantitative estimate of drug-likeness (QED) is 0.540. The Morgan fingerprint density at radius 3 is 2.55 bits per heavy atom. The molecule has 0 aromatic heterocycles. The van der Waals surface area contributed by atoms with Gasteiger partial charge >= 0.3 is 0 Å². The number of ether oxygens (including phenoxy) is 1. The fourth-order valence-electron chi connectivity index (χ4n) is 4.59. The van der Waals surface area contributed by atoms with Gasteiger partial charge in [-0.1, -0.05) is 24.3 Å². The Morgan fingerprint density at radius 2 is 1.82 bits per heavy atom. The monoisotopic (exact) mass is 454 g/mol. The molecule has 2 heterocycles. The summed E-state index contributed by atoms with van der Waals surface area (Å²) < 4.78 is 18.2. The molecule has 0 radical (unpaired) electrons. The molecule has 2 aromatic carbocycles. The van der Waals surface area contributed by atoms with Gasteiger partial charge < -0.3 is 20.7 Å². The van der Waals surface area contributed by atoms with Crippen molar-refractivity contribution in [2.75, 3.05) is 20.2 Å². The molecule has 2 aromatic rings. The largest absolute Gasteiger partial charge is 0.497 e. The van der Waals surface area contributed by atoms with Crippen LogP contribution in [0.15, 0.2) is 48.5 Å². The van der Waals surface area contributed by atoms with E-state index in [-0.39, 0.29) is 35.8 Å². The highest BCUT2D eigenvalue weighted by molar-refractivity contribution is 5.83. The number of rotatable bonds is 9. The molecule has 8 heteroatoms. The molecule has 0 saturated carbocycles. The van der Waals surface area contributed by atoms with Gasteiger partial charge in [0.15, 0.2) is 0 Å². The van der Waals surface area contributed by atoms with Gasteiger partial charge in [-0.2, -0.15) is 0 Å². The van der Waals surface area contributed by atoms with Crippen LogP contribution in [-0.4, -0.2) is 55.0 Å². The summed E-state index contributed by atoms with van der Waals surface area (Å²) in [5.74, 6) is 0.571. The van der Waals surface area contributed by atoms with Gasteiger partial charge in [-0.15, -0.1) is 0 Å². The Labute approximate surface area is 193 Å². The number of halogens is 1. The Balaban J connectivity index is 1.25. The third-order valence-electron chi connectivity index (χ3n) is 6.48. The van der Waals surface area contributed by atoms with Crippen LogP contribution in [0.1, 0.15) is 30.4 Å². The summed E-state index contributed by atoms with van der Waals surface area (Å²) >= 11 is 0. The van der Waals surface area contributed by atoms with Crippen LogP contribution >= 0.6 is 0 Å². The zero-order chi connectivity index (χ0) is 23.2.